The third-order valence-corrected chi connectivity index (χ3v) is 4.65. The number of hydrazone groups is 1. The average Bonchev–Trinajstić information content (AvgIpc) is 2.68. The maximum absolute atomic E-state index is 12.5. The van der Waals surface area contributed by atoms with Crippen molar-refractivity contribution in [2.75, 3.05) is 5.43 Å². The van der Waals surface area contributed by atoms with Crippen molar-refractivity contribution in [1.82, 2.24) is 0 Å². The maximum Gasteiger partial charge on any atom is 0.416 e. The molecular formula is C21H15Cl2F3N2O. The van der Waals surface area contributed by atoms with E-state index in [1.54, 1.807) is 48.7 Å². The predicted octanol–water partition coefficient (Wildman–Crippen LogP) is 7.04. The molecule has 0 radical (unpaired) electrons. The highest BCUT2D eigenvalue weighted by Crippen LogP contribution is 2.30. The zero-order valence-electron chi connectivity index (χ0n) is 14.9. The molecule has 29 heavy (non-hydrogen) atoms. The van der Waals surface area contributed by atoms with Gasteiger partial charge in [0.05, 0.1) is 17.5 Å². The number of ether oxygens (including phenoxy) is 1. The number of rotatable bonds is 6. The van der Waals surface area contributed by atoms with Crippen LogP contribution in [0.1, 0.15) is 16.7 Å². The second-order valence-corrected chi connectivity index (χ2v) is 6.82. The predicted molar refractivity (Wildman–Crippen MR) is 110 cm³/mol. The van der Waals surface area contributed by atoms with Crippen LogP contribution in [0, 0.1) is 0 Å². The van der Waals surface area contributed by atoms with Crippen molar-refractivity contribution >= 4 is 35.1 Å². The van der Waals surface area contributed by atoms with Crippen molar-refractivity contribution < 1.29 is 17.9 Å². The van der Waals surface area contributed by atoms with Crippen molar-refractivity contribution in [2.45, 2.75) is 12.8 Å². The highest BCUT2D eigenvalue weighted by molar-refractivity contribution is 6.35. The quantitative estimate of drug-likeness (QED) is 0.330. The van der Waals surface area contributed by atoms with Gasteiger partial charge in [-0.2, -0.15) is 18.3 Å². The average molecular weight is 439 g/mol. The molecule has 0 heterocycles. The number of alkyl halides is 3. The fraction of sp³-hybridized carbons (Fsp3) is 0.0952. The van der Waals surface area contributed by atoms with E-state index in [2.05, 4.69) is 10.5 Å². The van der Waals surface area contributed by atoms with Gasteiger partial charge >= 0.3 is 6.18 Å². The van der Waals surface area contributed by atoms with Crippen LogP contribution in [-0.2, 0) is 12.8 Å². The van der Waals surface area contributed by atoms with Crippen molar-refractivity contribution in [3.8, 4) is 5.75 Å². The van der Waals surface area contributed by atoms with E-state index in [-0.39, 0.29) is 6.61 Å². The lowest BCUT2D eigenvalue weighted by atomic mass is 10.2. The molecule has 0 spiro atoms. The van der Waals surface area contributed by atoms with Gasteiger partial charge in [-0.05, 0) is 66.2 Å². The Morgan fingerprint density at radius 1 is 0.897 bits per heavy atom. The summed E-state index contributed by atoms with van der Waals surface area (Å²) in [5.74, 6) is 0.633. The van der Waals surface area contributed by atoms with Gasteiger partial charge in [-0.1, -0.05) is 29.3 Å². The van der Waals surface area contributed by atoms with Crippen LogP contribution in [0.25, 0.3) is 0 Å². The first-order valence-electron chi connectivity index (χ1n) is 8.45. The largest absolute Gasteiger partial charge is 0.489 e. The van der Waals surface area contributed by atoms with Crippen LogP contribution in [0.2, 0.25) is 10.0 Å². The first-order valence-corrected chi connectivity index (χ1v) is 9.20. The molecule has 3 rings (SSSR count). The highest BCUT2D eigenvalue weighted by atomic mass is 35.5. The van der Waals surface area contributed by atoms with E-state index in [0.29, 0.717) is 27.0 Å². The number of hydrogen-bond donors (Lipinski definition) is 1. The molecule has 0 saturated carbocycles. The molecule has 1 N–H and O–H groups in total. The molecule has 3 nitrogen and oxygen atoms in total. The highest BCUT2D eigenvalue weighted by Gasteiger charge is 2.29. The SMILES string of the molecule is FC(F)(F)c1ccc(NN=Cc2ccc(OCc3c(Cl)cccc3Cl)cc2)cc1. The van der Waals surface area contributed by atoms with Gasteiger partial charge in [-0.25, -0.2) is 0 Å². The normalized spacial score (nSPS) is 11.6. The molecule has 0 aliphatic heterocycles. The Kier molecular flexibility index (Phi) is 6.67. The van der Waals surface area contributed by atoms with Crippen molar-refractivity contribution in [1.29, 1.82) is 0 Å². The Hall–Kier alpha value is -2.70. The molecule has 0 bridgehead atoms. The van der Waals surface area contributed by atoms with E-state index in [4.69, 9.17) is 27.9 Å². The maximum atomic E-state index is 12.5. The fourth-order valence-corrected chi connectivity index (χ4v) is 2.90. The van der Waals surface area contributed by atoms with Gasteiger partial charge in [-0.3, -0.25) is 5.43 Å². The molecule has 0 atom stereocenters. The first kappa shape index (κ1) is 21.0. The smallest absolute Gasteiger partial charge is 0.416 e. The summed E-state index contributed by atoms with van der Waals surface area (Å²) >= 11 is 12.2. The minimum absolute atomic E-state index is 0.238. The Morgan fingerprint density at radius 3 is 2.10 bits per heavy atom. The lowest BCUT2D eigenvalue weighted by Crippen LogP contribution is -2.04. The van der Waals surface area contributed by atoms with Gasteiger partial charge in [0.2, 0.25) is 0 Å². The summed E-state index contributed by atoms with van der Waals surface area (Å²) in [6.45, 7) is 0.238. The molecule has 0 aromatic heterocycles. The molecule has 8 heteroatoms. The summed E-state index contributed by atoms with van der Waals surface area (Å²) < 4.78 is 43.3. The van der Waals surface area contributed by atoms with Crippen LogP contribution in [0.3, 0.4) is 0 Å². The van der Waals surface area contributed by atoms with Gasteiger partial charge in [0.1, 0.15) is 12.4 Å². The van der Waals surface area contributed by atoms with E-state index >= 15 is 0 Å². The van der Waals surface area contributed by atoms with Gasteiger partial charge in [0.15, 0.2) is 0 Å². The lowest BCUT2D eigenvalue weighted by molar-refractivity contribution is -0.137. The minimum atomic E-state index is -4.36. The zero-order valence-corrected chi connectivity index (χ0v) is 16.4. The Labute approximate surface area is 175 Å². The summed E-state index contributed by atoms with van der Waals surface area (Å²) in [6, 6.07) is 17.0. The standard InChI is InChI=1S/C21H15Cl2F3N2O/c22-19-2-1-3-20(23)18(19)13-29-17-10-4-14(5-11-17)12-27-28-16-8-6-15(7-9-16)21(24,25)26/h1-12,28H,13H2. The summed E-state index contributed by atoms with van der Waals surface area (Å²) in [5, 5.41) is 5.09. The summed E-state index contributed by atoms with van der Waals surface area (Å²) in [4.78, 5) is 0. The molecule has 150 valence electrons. The van der Waals surface area contributed by atoms with Gasteiger partial charge in [0, 0.05) is 15.6 Å². The van der Waals surface area contributed by atoms with Crippen LogP contribution in [0.15, 0.2) is 71.8 Å². The number of halogens is 5. The van der Waals surface area contributed by atoms with E-state index in [1.807, 2.05) is 0 Å². The van der Waals surface area contributed by atoms with Crippen LogP contribution < -0.4 is 10.2 Å². The van der Waals surface area contributed by atoms with Crippen LogP contribution in [0.5, 0.6) is 5.75 Å². The molecule has 0 amide bonds. The van der Waals surface area contributed by atoms with E-state index in [9.17, 15) is 13.2 Å². The zero-order chi connectivity index (χ0) is 20.9. The van der Waals surface area contributed by atoms with Gasteiger partial charge in [0.25, 0.3) is 0 Å². The molecule has 0 fully saturated rings. The lowest BCUT2D eigenvalue weighted by Gasteiger charge is -2.09. The third kappa shape index (κ3) is 5.89. The van der Waals surface area contributed by atoms with E-state index in [1.165, 1.54) is 12.1 Å². The third-order valence-electron chi connectivity index (χ3n) is 3.94. The summed E-state index contributed by atoms with van der Waals surface area (Å²) in [7, 11) is 0. The Balaban J connectivity index is 1.55. The fourth-order valence-electron chi connectivity index (χ4n) is 2.39. The van der Waals surface area contributed by atoms with Gasteiger partial charge < -0.3 is 4.74 Å². The van der Waals surface area contributed by atoms with Crippen LogP contribution in [0.4, 0.5) is 18.9 Å². The van der Waals surface area contributed by atoms with Crippen LogP contribution in [-0.4, -0.2) is 6.21 Å². The molecule has 0 aliphatic rings. The summed E-state index contributed by atoms with van der Waals surface area (Å²) in [6.07, 6.45) is -2.81. The first-order chi connectivity index (χ1) is 13.8. The molecule has 0 saturated heterocycles. The number of anilines is 1. The Bertz CT molecular complexity index is 968. The van der Waals surface area contributed by atoms with Crippen LogP contribution >= 0.6 is 23.2 Å². The van der Waals surface area contributed by atoms with Crippen molar-refractivity contribution in [3.63, 3.8) is 0 Å². The molecular weight excluding hydrogens is 424 g/mol. The second-order valence-electron chi connectivity index (χ2n) is 6.00. The monoisotopic (exact) mass is 438 g/mol. The number of benzene rings is 3. The second kappa shape index (κ2) is 9.20. The Morgan fingerprint density at radius 2 is 1.52 bits per heavy atom. The number of nitrogens with one attached hydrogen (secondary N) is 1. The molecule has 3 aromatic carbocycles. The molecule has 0 unspecified atom stereocenters. The topological polar surface area (TPSA) is 33.6 Å². The number of hydrogen-bond acceptors (Lipinski definition) is 3. The van der Waals surface area contributed by atoms with Gasteiger partial charge in [-0.15, -0.1) is 0 Å². The minimum Gasteiger partial charge on any atom is -0.489 e. The van der Waals surface area contributed by atoms with E-state index in [0.717, 1.165) is 17.7 Å². The van der Waals surface area contributed by atoms with Crippen molar-refractivity contribution in [2.24, 2.45) is 5.10 Å². The number of nitrogens with zero attached hydrogens (tertiary/aromatic N) is 1. The van der Waals surface area contributed by atoms with Crippen molar-refractivity contribution in [3.05, 3.63) is 93.5 Å². The molecule has 0 aliphatic carbocycles. The molecule has 3 aromatic rings. The van der Waals surface area contributed by atoms with E-state index < -0.39 is 11.7 Å². The summed E-state index contributed by atoms with van der Waals surface area (Å²) in [5.41, 5.74) is 3.92.